The summed E-state index contributed by atoms with van der Waals surface area (Å²) in [5.74, 6) is 1.12. The summed E-state index contributed by atoms with van der Waals surface area (Å²) in [4.78, 5) is 0.140. The molecule has 2 aromatic heterocycles. The molecule has 0 atom stereocenters. The Hall–Kier alpha value is -2.87. The van der Waals surface area contributed by atoms with Gasteiger partial charge in [-0.3, -0.25) is 0 Å². The van der Waals surface area contributed by atoms with Gasteiger partial charge in [-0.15, -0.1) is 0 Å². The quantitative estimate of drug-likeness (QED) is 0.362. The summed E-state index contributed by atoms with van der Waals surface area (Å²) in [7, 11) is -3.83. The summed E-state index contributed by atoms with van der Waals surface area (Å²) in [5, 5.41) is 4.58. The first-order valence-electron chi connectivity index (χ1n) is 9.64. The van der Waals surface area contributed by atoms with Crippen molar-refractivity contribution < 1.29 is 17.4 Å². The van der Waals surface area contributed by atoms with E-state index in [1.807, 2.05) is 32.0 Å². The Morgan fingerprint density at radius 3 is 2.48 bits per heavy atom. The SMILES string of the molecule is Cc1ccc(C)c(-c2cc(CN(Cc3ccco3)S(=O)(=O)c3ccc(Cl)cc3)no2)c1. The number of rotatable bonds is 7. The highest BCUT2D eigenvalue weighted by molar-refractivity contribution is 7.89. The van der Waals surface area contributed by atoms with E-state index >= 15 is 0 Å². The molecule has 0 unspecified atom stereocenters. The molecular weight excluding hydrogens is 436 g/mol. The number of sulfonamides is 1. The van der Waals surface area contributed by atoms with E-state index in [0.717, 1.165) is 16.7 Å². The van der Waals surface area contributed by atoms with Gasteiger partial charge in [-0.05, 0) is 61.9 Å². The Morgan fingerprint density at radius 2 is 1.77 bits per heavy atom. The van der Waals surface area contributed by atoms with Gasteiger partial charge in [0.2, 0.25) is 10.0 Å². The third-order valence-corrected chi connectivity index (χ3v) is 6.98. The molecule has 0 aliphatic carbocycles. The van der Waals surface area contributed by atoms with Gasteiger partial charge in [0, 0.05) is 16.7 Å². The van der Waals surface area contributed by atoms with Crippen molar-refractivity contribution in [3.8, 4) is 11.3 Å². The summed E-state index contributed by atoms with van der Waals surface area (Å²) in [6.07, 6.45) is 1.51. The van der Waals surface area contributed by atoms with Gasteiger partial charge in [-0.25, -0.2) is 8.42 Å². The van der Waals surface area contributed by atoms with Crippen LogP contribution in [0.15, 0.2) is 80.8 Å². The predicted molar refractivity (Wildman–Crippen MR) is 118 cm³/mol. The molecule has 0 spiro atoms. The molecule has 0 aliphatic heterocycles. The average Bonchev–Trinajstić information content (AvgIpc) is 3.42. The molecule has 0 aliphatic rings. The Morgan fingerprint density at radius 1 is 1.00 bits per heavy atom. The highest BCUT2D eigenvalue weighted by Crippen LogP contribution is 2.27. The van der Waals surface area contributed by atoms with Crippen molar-refractivity contribution in [3.05, 3.63) is 94.5 Å². The lowest BCUT2D eigenvalue weighted by Gasteiger charge is -2.20. The van der Waals surface area contributed by atoms with Crippen LogP contribution in [0.3, 0.4) is 0 Å². The zero-order valence-corrected chi connectivity index (χ0v) is 18.7. The van der Waals surface area contributed by atoms with E-state index < -0.39 is 10.0 Å². The number of hydrogen-bond acceptors (Lipinski definition) is 5. The first-order chi connectivity index (χ1) is 14.8. The van der Waals surface area contributed by atoms with Crippen molar-refractivity contribution in [1.29, 1.82) is 0 Å². The lowest BCUT2D eigenvalue weighted by molar-refractivity contribution is 0.343. The molecule has 6 nitrogen and oxygen atoms in total. The molecule has 8 heteroatoms. The van der Waals surface area contributed by atoms with Crippen LogP contribution in [0.1, 0.15) is 22.6 Å². The van der Waals surface area contributed by atoms with Gasteiger partial charge in [0.15, 0.2) is 5.76 Å². The average molecular weight is 457 g/mol. The van der Waals surface area contributed by atoms with E-state index in [0.29, 0.717) is 22.2 Å². The zero-order valence-electron chi connectivity index (χ0n) is 17.1. The molecule has 0 saturated carbocycles. The van der Waals surface area contributed by atoms with Crippen LogP contribution in [0, 0.1) is 13.8 Å². The molecule has 2 heterocycles. The van der Waals surface area contributed by atoms with E-state index in [1.54, 1.807) is 30.3 Å². The third-order valence-electron chi connectivity index (χ3n) is 4.92. The first kappa shape index (κ1) is 21.4. The van der Waals surface area contributed by atoms with Gasteiger partial charge >= 0.3 is 0 Å². The second-order valence-corrected chi connectivity index (χ2v) is 9.68. The molecule has 0 saturated heterocycles. The number of furan rings is 1. The van der Waals surface area contributed by atoms with Crippen LogP contribution in [0.25, 0.3) is 11.3 Å². The molecule has 0 bridgehead atoms. The Labute approximate surface area is 186 Å². The van der Waals surface area contributed by atoms with Crippen LogP contribution in [0.2, 0.25) is 5.02 Å². The van der Waals surface area contributed by atoms with Gasteiger partial charge in [-0.1, -0.05) is 34.5 Å². The summed E-state index contributed by atoms with van der Waals surface area (Å²) in [6.45, 7) is 4.08. The smallest absolute Gasteiger partial charge is 0.243 e. The third kappa shape index (κ3) is 4.74. The van der Waals surface area contributed by atoms with Gasteiger partial charge in [-0.2, -0.15) is 4.31 Å². The van der Waals surface area contributed by atoms with Gasteiger partial charge in [0.1, 0.15) is 5.76 Å². The molecule has 0 N–H and O–H groups in total. The van der Waals surface area contributed by atoms with Crippen LogP contribution in [-0.2, 0) is 23.1 Å². The maximum atomic E-state index is 13.3. The van der Waals surface area contributed by atoms with Crippen molar-refractivity contribution in [2.24, 2.45) is 0 Å². The highest BCUT2D eigenvalue weighted by atomic mass is 35.5. The van der Waals surface area contributed by atoms with E-state index in [9.17, 15) is 8.42 Å². The summed E-state index contributed by atoms with van der Waals surface area (Å²) in [5.41, 5.74) is 3.58. The van der Waals surface area contributed by atoms with Crippen LogP contribution in [0.5, 0.6) is 0 Å². The van der Waals surface area contributed by atoms with Crippen molar-refractivity contribution >= 4 is 21.6 Å². The van der Waals surface area contributed by atoms with E-state index in [1.165, 1.54) is 22.7 Å². The van der Waals surface area contributed by atoms with Crippen molar-refractivity contribution in [2.75, 3.05) is 0 Å². The maximum Gasteiger partial charge on any atom is 0.243 e. The van der Waals surface area contributed by atoms with Gasteiger partial charge in [0.25, 0.3) is 0 Å². The summed E-state index contributed by atoms with van der Waals surface area (Å²) < 4.78 is 38.9. The highest BCUT2D eigenvalue weighted by Gasteiger charge is 2.27. The molecule has 31 heavy (non-hydrogen) atoms. The van der Waals surface area contributed by atoms with E-state index in [-0.39, 0.29) is 18.0 Å². The Balaban J connectivity index is 1.66. The Kier molecular flexibility index (Phi) is 6.00. The fraction of sp³-hybridized carbons (Fsp3) is 0.174. The van der Waals surface area contributed by atoms with Crippen molar-refractivity contribution in [3.63, 3.8) is 0 Å². The second kappa shape index (κ2) is 8.70. The summed E-state index contributed by atoms with van der Waals surface area (Å²) in [6, 6.07) is 17.3. The molecular formula is C23H21ClN2O4S. The number of benzene rings is 2. The van der Waals surface area contributed by atoms with Crippen LogP contribution in [-0.4, -0.2) is 17.9 Å². The van der Waals surface area contributed by atoms with Gasteiger partial charge < -0.3 is 8.94 Å². The molecule has 160 valence electrons. The topological polar surface area (TPSA) is 76.6 Å². The van der Waals surface area contributed by atoms with Crippen LogP contribution in [0.4, 0.5) is 0 Å². The maximum absolute atomic E-state index is 13.3. The first-order valence-corrected chi connectivity index (χ1v) is 11.5. The minimum absolute atomic E-state index is 0.0278. The fourth-order valence-corrected chi connectivity index (χ4v) is 4.76. The van der Waals surface area contributed by atoms with Crippen molar-refractivity contribution in [2.45, 2.75) is 31.8 Å². The normalized spacial score (nSPS) is 11.9. The monoisotopic (exact) mass is 456 g/mol. The molecule has 4 rings (SSSR count). The largest absolute Gasteiger partial charge is 0.468 e. The summed E-state index contributed by atoms with van der Waals surface area (Å²) >= 11 is 5.93. The molecule has 4 aromatic rings. The molecule has 0 radical (unpaired) electrons. The standard InChI is InChI=1S/C23H21ClN2O4S/c1-16-5-6-17(2)22(12-16)23-13-19(25-30-23)14-26(15-20-4-3-11-29-20)31(27,28)21-9-7-18(24)8-10-21/h3-13H,14-15H2,1-2H3. The minimum atomic E-state index is -3.83. The minimum Gasteiger partial charge on any atom is -0.468 e. The number of halogens is 1. The van der Waals surface area contributed by atoms with E-state index in [2.05, 4.69) is 5.16 Å². The number of hydrogen-bond donors (Lipinski definition) is 0. The number of aryl methyl sites for hydroxylation is 2. The molecule has 0 fully saturated rings. The molecule has 2 aromatic carbocycles. The second-order valence-electron chi connectivity index (χ2n) is 7.31. The predicted octanol–water partition coefficient (Wildman–Crippen LogP) is 5.60. The fourth-order valence-electron chi connectivity index (χ4n) is 3.25. The van der Waals surface area contributed by atoms with Crippen LogP contribution >= 0.6 is 11.6 Å². The van der Waals surface area contributed by atoms with Crippen molar-refractivity contribution in [1.82, 2.24) is 9.46 Å². The number of aromatic nitrogens is 1. The number of nitrogens with zero attached hydrogens (tertiary/aromatic N) is 2. The van der Waals surface area contributed by atoms with Gasteiger partial charge in [0.05, 0.1) is 29.9 Å². The van der Waals surface area contributed by atoms with Crippen LogP contribution < -0.4 is 0 Å². The zero-order chi connectivity index (χ0) is 22.0. The lowest BCUT2D eigenvalue weighted by atomic mass is 10.0. The van der Waals surface area contributed by atoms with E-state index in [4.69, 9.17) is 20.5 Å². The lowest BCUT2D eigenvalue weighted by Crippen LogP contribution is -2.30. The Bertz CT molecular complexity index is 1280. The molecule has 0 amide bonds.